The van der Waals surface area contributed by atoms with Crippen LogP contribution in [-0.2, 0) is 9.59 Å². The lowest BCUT2D eigenvalue weighted by Gasteiger charge is -2.34. The van der Waals surface area contributed by atoms with Gasteiger partial charge in [-0.3, -0.25) is 34.9 Å². The van der Waals surface area contributed by atoms with Crippen molar-refractivity contribution in [1.82, 2.24) is 20.4 Å². The van der Waals surface area contributed by atoms with Gasteiger partial charge in [0.25, 0.3) is 5.91 Å². The summed E-state index contributed by atoms with van der Waals surface area (Å²) < 4.78 is 0. The summed E-state index contributed by atoms with van der Waals surface area (Å²) in [5.74, 6) is -2.37. The van der Waals surface area contributed by atoms with Crippen LogP contribution in [0.5, 0.6) is 0 Å². The van der Waals surface area contributed by atoms with Crippen molar-refractivity contribution in [2.75, 3.05) is 39.3 Å². The molecule has 2 heterocycles. The first-order valence-electron chi connectivity index (χ1n) is 8.77. The van der Waals surface area contributed by atoms with E-state index in [9.17, 15) is 19.2 Å². The van der Waals surface area contributed by atoms with Crippen LogP contribution < -0.4 is 10.6 Å². The molecule has 1 aromatic carbocycles. The van der Waals surface area contributed by atoms with E-state index in [1.165, 1.54) is 6.21 Å². The van der Waals surface area contributed by atoms with Gasteiger partial charge in [0.2, 0.25) is 11.8 Å². The molecule has 3 rings (SSSR count). The minimum atomic E-state index is -1.08. The summed E-state index contributed by atoms with van der Waals surface area (Å²) in [5.41, 5.74) is 0.693. The van der Waals surface area contributed by atoms with E-state index in [0.29, 0.717) is 31.7 Å². The zero-order chi connectivity index (χ0) is 19.2. The van der Waals surface area contributed by atoms with Gasteiger partial charge in [-0.1, -0.05) is 18.2 Å². The zero-order valence-electron chi connectivity index (χ0n) is 14.8. The van der Waals surface area contributed by atoms with E-state index < -0.39 is 23.8 Å². The third-order valence-corrected chi connectivity index (χ3v) is 4.52. The molecule has 5 amide bonds. The molecule has 1 aromatic rings. The molecule has 0 bridgehead atoms. The van der Waals surface area contributed by atoms with Crippen LogP contribution in [-0.4, -0.2) is 79.0 Å². The van der Waals surface area contributed by atoms with E-state index in [-0.39, 0.29) is 5.91 Å². The third-order valence-electron chi connectivity index (χ3n) is 4.52. The largest absolute Gasteiger partial charge is 0.336 e. The quantitative estimate of drug-likeness (QED) is 0.535. The van der Waals surface area contributed by atoms with Gasteiger partial charge in [-0.15, -0.1) is 0 Å². The number of imide groups is 2. The Kier molecular flexibility index (Phi) is 5.92. The van der Waals surface area contributed by atoms with Crippen molar-refractivity contribution in [2.24, 2.45) is 10.9 Å². The fourth-order valence-corrected chi connectivity index (χ4v) is 2.98. The topological polar surface area (TPSA) is 111 Å². The number of hydrogen-bond acceptors (Lipinski definition) is 6. The minimum absolute atomic E-state index is 0.0390. The molecule has 27 heavy (non-hydrogen) atoms. The Morgan fingerprint density at radius 3 is 2.30 bits per heavy atom. The molecule has 142 valence electrons. The molecule has 0 atom stereocenters. The summed E-state index contributed by atoms with van der Waals surface area (Å²) in [6, 6.07) is 8.41. The molecule has 0 aromatic heterocycles. The van der Waals surface area contributed by atoms with E-state index in [2.05, 4.69) is 9.89 Å². The van der Waals surface area contributed by atoms with Crippen molar-refractivity contribution in [2.45, 2.75) is 0 Å². The van der Waals surface area contributed by atoms with E-state index in [0.717, 1.165) is 13.1 Å². The Labute approximate surface area is 156 Å². The first kappa shape index (κ1) is 18.7. The van der Waals surface area contributed by atoms with Gasteiger partial charge in [0.1, 0.15) is 0 Å². The Morgan fingerprint density at radius 2 is 1.67 bits per heavy atom. The van der Waals surface area contributed by atoms with E-state index in [1.54, 1.807) is 0 Å². The van der Waals surface area contributed by atoms with E-state index in [1.807, 2.05) is 45.9 Å². The molecule has 0 spiro atoms. The average Bonchev–Trinajstić information content (AvgIpc) is 2.67. The van der Waals surface area contributed by atoms with E-state index >= 15 is 0 Å². The van der Waals surface area contributed by atoms with Crippen molar-refractivity contribution in [3.05, 3.63) is 35.9 Å². The molecule has 0 aliphatic carbocycles. The highest BCUT2D eigenvalue weighted by Gasteiger charge is 2.32. The Bertz CT molecular complexity index is 736. The number of hydrogen-bond donors (Lipinski definition) is 2. The summed E-state index contributed by atoms with van der Waals surface area (Å²) in [7, 11) is 0. The number of amides is 5. The van der Waals surface area contributed by atoms with Gasteiger partial charge in [-0.05, 0) is 12.1 Å². The Morgan fingerprint density at radius 1 is 1.04 bits per heavy atom. The number of carbonyl (C=O) groups is 4. The number of rotatable bonds is 5. The molecule has 2 aliphatic heterocycles. The van der Waals surface area contributed by atoms with Gasteiger partial charge in [-0.25, -0.2) is 4.79 Å². The maximum atomic E-state index is 12.4. The van der Waals surface area contributed by atoms with Crippen molar-refractivity contribution in [3.63, 3.8) is 0 Å². The fourth-order valence-electron chi connectivity index (χ4n) is 2.98. The van der Waals surface area contributed by atoms with Crippen LogP contribution in [0.1, 0.15) is 10.4 Å². The van der Waals surface area contributed by atoms with Crippen molar-refractivity contribution < 1.29 is 19.2 Å². The maximum absolute atomic E-state index is 12.4. The number of carbonyl (C=O) groups excluding carboxylic acids is 4. The first-order valence-corrected chi connectivity index (χ1v) is 8.77. The molecule has 0 unspecified atom stereocenters. The molecule has 2 saturated heterocycles. The molecule has 2 fully saturated rings. The number of benzene rings is 1. The van der Waals surface area contributed by atoms with Crippen LogP contribution in [0.3, 0.4) is 0 Å². The second kappa shape index (κ2) is 8.54. The molecule has 9 heteroatoms. The minimum Gasteiger partial charge on any atom is -0.336 e. The van der Waals surface area contributed by atoms with Crippen molar-refractivity contribution in [3.8, 4) is 0 Å². The standard InChI is InChI=1S/C18H21N5O4/c24-15-14(16(25)21-18(27)20-15)12-19-6-7-22-8-10-23(11-9-22)17(26)13-4-2-1-3-5-13/h1-5,12,14H,6-11H2,(H2,20,21,24,25,27). The fraction of sp³-hybridized carbons (Fsp3) is 0.389. The molecular weight excluding hydrogens is 350 g/mol. The number of urea groups is 1. The number of piperazine rings is 1. The van der Waals surface area contributed by atoms with Crippen molar-refractivity contribution >= 4 is 30.0 Å². The summed E-state index contributed by atoms with van der Waals surface area (Å²) in [4.78, 5) is 54.7. The van der Waals surface area contributed by atoms with Crippen LogP contribution in [0.25, 0.3) is 0 Å². The number of nitrogens with zero attached hydrogens (tertiary/aromatic N) is 3. The van der Waals surface area contributed by atoms with Gasteiger partial charge in [0, 0.05) is 44.5 Å². The summed E-state index contributed by atoms with van der Waals surface area (Å²) in [6.07, 6.45) is 1.27. The van der Waals surface area contributed by atoms with Crippen LogP contribution >= 0.6 is 0 Å². The van der Waals surface area contributed by atoms with Crippen LogP contribution in [0, 0.1) is 5.92 Å². The molecule has 2 N–H and O–H groups in total. The van der Waals surface area contributed by atoms with Gasteiger partial charge in [0.05, 0.1) is 6.54 Å². The van der Waals surface area contributed by atoms with E-state index in [4.69, 9.17) is 0 Å². The SMILES string of the molecule is O=C1NC(=O)C(C=NCCN2CCN(C(=O)c3ccccc3)CC2)C(=O)N1. The summed E-state index contributed by atoms with van der Waals surface area (Å²) in [6.45, 7) is 3.87. The van der Waals surface area contributed by atoms with Crippen molar-refractivity contribution in [1.29, 1.82) is 0 Å². The van der Waals surface area contributed by atoms with Gasteiger partial charge >= 0.3 is 6.03 Å². The second-order valence-electron chi connectivity index (χ2n) is 6.34. The van der Waals surface area contributed by atoms with Gasteiger partial charge < -0.3 is 4.90 Å². The summed E-state index contributed by atoms with van der Waals surface area (Å²) >= 11 is 0. The average molecular weight is 371 g/mol. The second-order valence-corrected chi connectivity index (χ2v) is 6.34. The lowest BCUT2D eigenvalue weighted by Crippen LogP contribution is -2.56. The monoisotopic (exact) mass is 371 g/mol. The maximum Gasteiger partial charge on any atom is 0.328 e. The first-order chi connectivity index (χ1) is 13.0. The lowest BCUT2D eigenvalue weighted by atomic mass is 10.1. The Hall–Kier alpha value is -3.07. The number of barbiturate groups is 1. The van der Waals surface area contributed by atoms with Gasteiger partial charge in [0.15, 0.2) is 5.92 Å². The molecule has 0 radical (unpaired) electrons. The van der Waals surface area contributed by atoms with Crippen LogP contribution in [0.15, 0.2) is 35.3 Å². The van der Waals surface area contributed by atoms with Gasteiger partial charge in [-0.2, -0.15) is 0 Å². The highest BCUT2D eigenvalue weighted by molar-refractivity contribution is 6.23. The molecule has 9 nitrogen and oxygen atoms in total. The van der Waals surface area contributed by atoms with Crippen LogP contribution in [0.4, 0.5) is 4.79 Å². The highest BCUT2D eigenvalue weighted by Crippen LogP contribution is 2.08. The third kappa shape index (κ3) is 4.76. The summed E-state index contributed by atoms with van der Waals surface area (Å²) in [5, 5.41) is 4.06. The molecular formula is C18H21N5O4. The highest BCUT2D eigenvalue weighted by atomic mass is 16.2. The Balaban J connectivity index is 1.41. The number of aliphatic imine (C=N–C) groups is 1. The lowest BCUT2D eigenvalue weighted by molar-refractivity contribution is -0.132. The zero-order valence-corrected chi connectivity index (χ0v) is 14.8. The predicted molar refractivity (Wildman–Crippen MR) is 97.3 cm³/mol. The smallest absolute Gasteiger partial charge is 0.328 e. The predicted octanol–water partition coefficient (Wildman–Crippen LogP) is -0.503. The number of nitrogens with one attached hydrogen (secondary N) is 2. The molecule has 0 saturated carbocycles. The molecule has 2 aliphatic rings. The van der Waals surface area contributed by atoms with Crippen LogP contribution in [0.2, 0.25) is 0 Å². The normalized spacial score (nSPS) is 19.3.